The molecule has 9 heavy (non-hydrogen) atoms. The molecule has 0 heterocycles. The Labute approximate surface area is 69.1 Å². The maximum absolute atomic E-state index is 6.09. The molecule has 0 aromatic carbocycles. The molecule has 0 saturated heterocycles. The molecule has 56 valence electrons. The van der Waals surface area contributed by atoms with E-state index in [2.05, 4.69) is 23.9 Å². The number of hydrogen-bond donors (Lipinski definition) is 0. The topological polar surface area (TPSA) is 3.24 Å². The van der Waals surface area contributed by atoms with Crippen LogP contribution in [0.25, 0.3) is 0 Å². The Morgan fingerprint density at radius 3 is 1.78 bits per heavy atom. The fourth-order valence-electron chi connectivity index (χ4n) is 0.423. The van der Waals surface area contributed by atoms with E-state index in [1.54, 1.807) is 0 Å². The fourth-order valence-corrected chi connectivity index (χ4v) is 7.77. The van der Waals surface area contributed by atoms with Gasteiger partial charge in [0.15, 0.2) is 0 Å². The van der Waals surface area contributed by atoms with Crippen LogP contribution < -0.4 is 0 Å². The Hall–Kier alpha value is 0.974. The Morgan fingerprint density at radius 2 is 1.78 bits per heavy atom. The molecule has 0 aliphatic carbocycles. The summed E-state index contributed by atoms with van der Waals surface area (Å²) in [6.45, 7) is 6.24. The lowest BCUT2D eigenvalue weighted by atomic mass is 11.6. The van der Waals surface area contributed by atoms with E-state index in [0.29, 0.717) is 0 Å². The molecular formula is C4H13Cl2NSi2. The van der Waals surface area contributed by atoms with Crippen molar-refractivity contribution in [3.05, 3.63) is 0 Å². The molecule has 0 aliphatic heterocycles. The van der Waals surface area contributed by atoms with Gasteiger partial charge in [0.25, 0.3) is 0 Å². The summed E-state index contributed by atoms with van der Waals surface area (Å²) in [6, 6.07) is 0. The molecule has 0 amide bonds. The molecule has 0 aliphatic rings. The van der Waals surface area contributed by atoms with Crippen molar-refractivity contribution < 1.29 is 0 Å². The summed E-state index contributed by atoms with van der Waals surface area (Å²) in [4.78, 5) is 0. The standard InChI is InChI=1S/C4H13Cl2NSi2/c1-7(8(2)5)9(3,4)6/h8H,1-4H3. The van der Waals surface area contributed by atoms with Gasteiger partial charge in [-0.2, -0.15) is 11.1 Å². The van der Waals surface area contributed by atoms with Crippen molar-refractivity contribution in [2.75, 3.05) is 7.05 Å². The van der Waals surface area contributed by atoms with Gasteiger partial charge in [0.2, 0.25) is 15.8 Å². The highest BCUT2D eigenvalue weighted by Crippen LogP contribution is 2.14. The van der Waals surface area contributed by atoms with Crippen molar-refractivity contribution in [3.63, 3.8) is 0 Å². The molecule has 0 radical (unpaired) electrons. The first-order valence-electron chi connectivity index (χ1n) is 2.91. The van der Waals surface area contributed by atoms with E-state index in [9.17, 15) is 0 Å². The van der Waals surface area contributed by atoms with Crippen molar-refractivity contribution in [1.29, 1.82) is 0 Å². The molecule has 1 unspecified atom stereocenters. The predicted octanol–water partition coefficient (Wildman–Crippen LogP) is 1.95. The van der Waals surface area contributed by atoms with Crippen LogP contribution in [-0.2, 0) is 0 Å². The molecule has 0 aromatic heterocycles. The van der Waals surface area contributed by atoms with Crippen LogP contribution in [0.5, 0.6) is 0 Å². The maximum Gasteiger partial charge on any atom is 0.217 e. The lowest BCUT2D eigenvalue weighted by Gasteiger charge is -2.28. The quantitative estimate of drug-likeness (QED) is 0.488. The molecule has 1 nitrogen and oxygen atoms in total. The zero-order valence-corrected chi connectivity index (χ0v) is 9.95. The Morgan fingerprint density at radius 1 is 1.44 bits per heavy atom. The molecule has 0 saturated carbocycles. The summed E-state index contributed by atoms with van der Waals surface area (Å²) in [7, 11) is -0.726. The second kappa shape index (κ2) is 3.39. The fraction of sp³-hybridized carbons (Fsp3) is 1.00. The molecular weight excluding hydrogens is 189 g/mol. The van der Waals surface area contributed by atoms with Crippen molar-refractivity contribution in [1.82, 2.24) is 4.23 Å². The first-order chi connectivity index (χ1) is 3.85. The molecule has 0 spiro atoms. The largest absolute Gasteiger partial charge is 0.327 e. The Balaban J connectivity index is 3.88. The molecule has 5 heteroatoms. The van der Waals surface area contributed by atoms with E-state index in [1.807, 2.05) is 7.05 Å². The Bertz CT molecular complexity index is 91.1. The second-order valence-electron chi connectivity index (χ2n) is 2.59. The van der Waals surface area contributed by atoms with E-state index >= 15 is 0 Å². The van der Waals surface area contributed by atoms with Gasteiger partial charge in [-0.05, 0) is 26.7 Å². The lowest BCUT2D eigenvalue weighted by Crippen LogP contribution is -2.46. The van der Waals surface area contributed by atoms with E-state index < -0.39 is 15.8 Å². The van der Waals surface area contributed by atoms with E-state index in [0.717, 1.165) is 0 Å². The van der Waals surface area contributed by atoms with Crippen LogP contribution in [0, 0.1) is 0 Å². The maximum atomic E-state index is 6.09. The SMILES string of the molecule is CN([SiH](C)Cl)[Si](C)(C)Cl. The molecule has 0 aromatic rings. The van der Waals surface area contributed by atoms with Gasteiger partial charge >= 0.3 is 0 Å². The van der Waals surface area contributed by atoms with Gasteiger partial charge in [0, 0.05) is 0 Å². The summed E-state index contributed by atoms with van der Waals surface area (Å²) >= 11 is 12.0. The third-order valence-corrected chi connectivity index (χ3v) is 9.88. The smallest absolute Gasteiger partial charge is 0.217 e. The van der Waals surface area contributed by atoms with Crippen LogP contribution in [0.15, 0.2) is 0 Å². The first-order valence-corrected chi connectivity index (χ1v) is 10.3. The van der Waals surface area contributed by atoms with Crippen LogP contribution in [0.1, 0.15) is 0 Å². The van der Waals surface area contributed by atoms with Crippen LogP contribution in [0.2, 0.25) is 19.6 Å². The molecule has 0 bridgehead atoms. The monoisotopic (exact) mass is 201 g/mol. The highest BCUT2D eigenvalue weighted by molar-refractivity contribution is 7.23. The van der Waals surface area contributed by atoms with Crippen molar-refractivity contribution >= 4 is 38.0 Å². The average molecular weight is 202 g/mol. The molecule has 1 atom stereocenters. The van der Waals surface area contributed by atoms with Crippen LogP contribution in [0.3, 0.4) is 0 Å². The van der Waals surface area contributed by atoms with Gasteiger partial charge in [-0.15, -0.1) is 11.1 Å². The third kappa shape index (κ3) is 3.62. The minimum atomic E-state index is -1.59. The minimum absolute atomic E-state index is 1.15. The van der Waals surface area contributed by atoms with Gasteiger partial charge in [0.05, 0.1) is 0 Å². The summed E-state index contributed by atoms with van der Waals surface area (Å²) in [6.07, 6.45) is 0. The van der Waals surface area contributed by atoms with E-state index in [1.165, 1.54) is 0 Å². The summed E-state index contributed by atoms with van der Waals surface area (Å²) in [5.41, 5.74) is 0. The van der Waals surface area contributed by atoms with Gasteiger partial charge in [-0.1, -0.05) is 0 Å². The van der Waals surface area contributed by atoms with Gasteiger partial charge in [-0.25, -0.2) is 0 Å². The van der Waals surface area contributed by atoms with E-state index in [4.69, 9.17) is 22.2 Å². The lowest BCUT2D eigenvalue weighted by molar-refractivity contribution is 0.815. The number of nitrogens with zero attached hydrogens (tertiary/aromatic N) is 1. The second-order valence-corrected chi connectivity index (χ2v) is 13.2. The number of hydrogen-bond acceptors (Lipinski definition) is 1. The molecule has 0 N–H and O–H groups in total. The van der Waals surface area contributed by atoms with Crippen molar-refractivity contribution in [3.8, 4) is 0 Å². The summed E-state index contributed by atoms with van der Waals surface area (Å²) in [5, 5.41) is 0. The third-order valence-electron chi connectivity index (χ3n) is 1.37. The van der Waals surface area contributed by atoms with Crippen LogP contribution >= 0.6 is 22.2 Å². The van der Waals surface area contributed by atoms with Gasteiger partial charge < -0.3 is 4.23 Å². The van der Waals surface area contributed by atoms with Gasteiger partial charge in [-0.3, -0.25) is 0 Å². The van der Waals surface area contributed by atoms with Gasteiger partial charge in [0.1, 0.15) is 0 Å². The molecule has 0 fully saturated rings. The zero-order chi connectivity index (χ0) is 7.65. The zero-order valence-electron chi connectivity index (χ0n) is 6.28. The van der Waals surface area contributed by atoms with E-state index in [-0.39, 0.29) is 0 Å². The van der Waals surface area contributed by atoms with Crippen LogP contribution in [-0.4, -0.2) is 27.1 Å². The predicted molar refractivity (Wildman–Crippen MR) is 50.0 cm³/mol. The average Bonchev–Trinajstić information content (AvgIpc) is 1.62. The minimum Gasteiger partial charge on any atom is -0.327 e. The van der Waals surface area contributed by atoms with Crippen LogP contribution in [0.4, 0.5) is 0 Å². The van der Waals surface area contributed by atoms with Crippen molar-refractivity contribution in [2.45, 2.75) is 19.6 Å². The number of halogens is 2. The Kier molecular flexibility index (Phi) is 3.76. The normalized spacial score (nSPS) is 16.3. The number of rotatable bonds is 2. The highest BCUT2D eigenvalue weighted by Gasteiger charge is 2.26. The first kappa shape index (κ1) is 9.97. The summed E-state index contributed by atoms with van der Waals surface area (Å²) in [5.74, 6) is 0. The summed E-state index contributed by atoms with van der Waals surface area (Å²) < 4.78 is 2.16. The molecule has 0 rings (SSSR count). The van der Waals surface area contributed by atoms with Crippen molar-refractivity contribution in [2.24, 2.45) is 0 Å². The highest BCUT2D eigenvalue weighted by atomic mass is 35.6.